The van der Waals surface area contributed by atoms with Crippen molar-refractivity contribution >= 4 is 17.5 Å². The number of fused-ring (bicyclic) bond motifs is 2. The normalized spacial score (nSPS) is 25.2. The minimum absolute atomic E-state index is 0.105. The highest BCUT2D eigenvalue weighted by molar-refractivity contribution is 6.30. The molecule has 0 spiro atoms. The Labute approximate surface area is 147 Å². The molecule has 2 fully saturated rings. The highest BCUT2D eigenvalue weighted by Gasteiger charge is 2.47. The van der Waals surface area contributed by atoms with E-state index in [0.29, 0.717) is 23.5 Å². The number of hydrogen-bond donors (Lipinski definition) is 1. The summed E-state index contributed by atoms with van der Waals surface area (Å²) in [6, 6.07) is 16.0. The first-order valence-electron chi connectivity index (χ1n) is 8.56. The summed E-state index contributed by atoms with van der Waals surface area (Å²) in [7, 11) is 0. The molecule has 2 aromatic carbocycles. The topological polar surface area (TPSA) is 46.3 Å². The van der Waals surface area contributed by atoms with Crippen LogP contribution in [-0.2, 0) is 0 Å². The van der Waals surface area contributed by atoms with E-state index >= 15 is 0 Å². The Bertz CT molecular complexity index is 776. The monoisotopic (exact) mass is 340 g/mol. The predicted octanol–water partition coefficient (Wildman–Crippen LogP) is 3.96. The van der Waals surface area contributed by atoms with Gasteiger partial charge in [0, 0.05) is 29.2 Å². The van der Waals surface area contributed by atoms with Crippen molar-refractivity contribution in [2.75, 3.05) is 6.54 Å². The summed E-state index contributed by atoms with van der Waals surface area (Å²) in [5.74, 6) is 0.676. The van der Waals surface area contributed by atoms with E-state index < -0.39 is 0 Å². The summed E-state index contributed by atoms with van der Waals surface area (Å²) in [6.07, 6.45) is 3.41. The number of likely N-dealkylation sites (tertiary alicyclic amines) is 1. The van der Waals surface area contributed by atoms with E-state index in [0.717, 1.165) is 29.5 Å². The number of benzene rings is 2. The van der Waals surface area contributed by atoms with E-state index in [1.807, 2.05) is 48.5 Å². The molecule has 2 aromatic rings. The Kier molecular flexibility index (Phi) is 4.07. The number of piperidine rings is 1. The first-order chi connectivity index (χ1) is 11.7. The lowest BCUT2D eigenvalue weighted by Gasteiger charge is -2.35. The summed E-state index contributed by atoms with van der Waals surface area (Å²) in [6.45, 7) is 0.548. The fraction of sp³-hybridized carbons (Fsp3) is 0.350. The summed E-state index contributed by atoms with van der Waals surface area (Å²) in [4.78, 5) is 15.4. The zero-order chi connectivity index (χ0) is 16.7. The van der Waals surface area contributed by atoms with E-state index in [4.69, 9.17) is 17.3 Å². The molecule has 124 valence electrons. The van der Waals surface area contributed by atoms with E-state index in [1.165, 1.54) is 6.42 Å². The van der Waals surface area contributed by atoms with Crippen LogP contribution in [0.2, 0.25) is 5.02 Å². The molecular formula is C20H21ClN2O. The van der Waals surface area contributed by atoms with E-state index in [9.17, 15) is 4.79 Å². The van der Waals surface area contributed by atoms with Gasteiger partial charge in [-0.05, 0) is 54.5 Å². The molecule has 3 nitrogen and oxygen atoms in total. The lowest BCUT2D eigenvalue weighted by Crippen LogP contribution is -2.48. The summed E-state index contributed by atoms with van der Waals surface area (Å²) in [5.41, 5.74) is 8.63. The van der Waals surface area contributed by atoms with Crippen molar-refractivity contribution in [2.24, 2.45) is 11.7 Å². The summed E-state index contributed by atoms with van der Waals surface area (Å²) < 4.78 is 0. The molecule has 1 saturated heterocycles. The molecule has 4 rings (SSSR count). The Morgan fingerprint density at radius 1 is 1.17 bits per heavy atom. The number of nitrogens with two attached hydrogens (primary N) is 1. The molecule has 1 aliphatic heterocycles. The molecule has 2 N–H and O–H groups in total. The molecule has 1 saturated carbocycles. The highest BCUT2D eigenvalue weighted by Crippen LogP contribution is 2.43. The third-order valence-electron chi connectivity index (χ3n) is 5.51. The zero-order valence-corrected chi connectivity index (χ0v) is 14.2. The Morgan fingerprint density at radius 2 is 2.00 bits per heavy atom. The fourth-order valence-corrected chi connectivity index (χ4v) is 4.62. The zero-order valence-electron chi connectivity index (χ0n) is 13.5. The van der Waals surface area contributed by atoms with Gasteiger partial charge >= 0.3 is 0 Å². The number of rotatable bonds is 3. The van der Waals surface area contributed by atoms with Crippen molar-refractivity contribution in [1.29, 1.82) is 0 Å². The van der Waals surface area contributed by atoms with Crippen LogP contribution in [0.25, 0.3) is 11.1 Å². The number of carbonyl (C=O) groups is 1. The Morgan fingerprint density at radius 3 is 2.79 bits per heavy atom. The second-order valence-electron chi connectivity index (χ2n) is 6.80. The molecule has 3 atom stereocenters. The first kappa shape index (κ1) is 15.7. The molecule has 1 heterocycles. The average molecular weight is 341 g/mol. The quantitative estimate of drug-likeness (QED) is 0.919. The molecule has 24 heavy (non-hydrogen) atoms. The SMILES string of the molecule is NC[C@@H]1[C@H]2CC[C@H](C2)N1C(=O)c1ccccc1-c1cccc(Cl)c1. The second kappa shape index (κ2) is 6.23. The molecule has 1 amide bonds. The van der Waals surface area contributed by atoms with Crippen LogP contribution in [0.5, 0.6) is 0 Å². The number of halogens is 1. The van der Waals surface area contributed by atoms with Gasteiger partial charge in [0.15, 0.2) is 0 Å². The molecule has 4 heteroatoms. The molecule has 0 unspecified atom stereocenters. The lowest BCUT2D eigenvalue weighted by atomic mass is 9.95. The van der Waals surface area contributed by atoms with Gasteiger partial charge in [-0.15, -0.1) is 0 Å². The number of hydrogen-bond acceptors (Lipinski definition) is 2. The average Bonchev–Trinajstić information content (AvgIpc) is 3.22. The van der Waals surface area contributed by atoms with E-state index in [2.05, 4.69) is 4.90 Å². The molecule has 1 aliphatic carbocycles. The van der Waals surface area contributed by atoms with Gasteiger partial charge in [-0.25, -0.2) is 0 Å². The maximum Gasteiger partial charge on any atom is 0.255 e. The second-order valence-corrected chi connectivity index (χ2v) is 7.23. The fourth-order valence-electron chi connectivity index (χ4n) is 4.43. The molecule has 2 bridgehead atoms. The van der Waals surface area contributed by atoms with Gasteiger partial charge < -0.3 is 10.6 Å². The van der Waals surface area contributed by atoms with Crippen LogP contribution in [0.15, 0.2) is 48.5 Å². The van der Waals surface area contributed by atoms with Crippen LogP contribution in [0.3, 0.4) is 0 Å². The van der Waals surface area contributed by atoms with Gasteiger partial charge in [0.05, 0.1) is 0 Å². The lowest BCUT2D eigenvalue weighted by molar-refractivity contribution is 0.0603. The van der Waals surface area contributed by atoms with Gasteiger partial charge in [0.1, 0.15) is 0 Å². The van der Waals surface area contributed by atoms with Crippen molar-refractivity contribution in [3.63, 3.8) is 0 Å². The van der Waals surface area contributed by atoms with Crippen molar-refractivity contribution in [3.8, 4) is 11.1 Å². The summed E-state index contributed by atoms with van der Waals surface area (Å²) >= 11 is 6.14. The van der Waals surface area contributed by atoms with Crippen LogP contribution in [0.4, 0.5) is 0 Å². The number of nitrogens with zero attached hydrogens (tertiary/aromatic N) is 1. The van der Waals surface area contributed by atoms with Gasteiger partial charge in [-0.1, -0.05) is 41.9 Å². The van der Waals surface area contributed by atoms with Gasteiger partial charge in [-0.2, -0.15) is 0 Å². The first-order valence-corrected chi connectivity index (χ1v) is 8.94. The van der Waals surface area contributed by atoms with Crippen LogP contribution in [-0.4, -0.2) is 29.4 Å². The van der Waals surface area contributed by atoms with Crippen LogP contribution >= 0.6 is 11.6 Å². The maximum absolute atomic E-state index is 13.3. The molecule has 0 aromatic heterocycles. The van der Waals surface area contributed by atoms with Crippen molar-refractivity contribution in [1.82, 2.24) is 4.90 Å². The number of amides is 1. The van der Waals surface area contributed by atoms with Gasteiger partial charge in [0.2, 0.25) is 0 Å². The van der Waals surface area contributed by atoms with Gasteiger partial charge in [-0.3, -0.25) is 4.79 Å². The Balaban J connectivity index is 1.73. The largest absolute Gasteiger partial charge is 0.331 e. The maximum atomic E-state index is 13.3. The third-order valence-corrected chi connectivity index (χ3v) is 5.74. The van der Waals surface area contributed by atoms with Gasteiger partial charge in [0.25, 0.3) is 5.91 Å². The standard InChI is InChI=1S/C20H21ClN2O/c21-15-5-3-4-13(10-15)17-6-1-2-7-18(17)20(24)23-16-9-8-14(11-16)19(23)12-22/h1-7,10,14,16,19H,8-9,11-12,22H2/t14-,16+,19+/m0/s1. The van der Waals surface area contributed by atoms with E-state index in [1.54, 1.807) is 0 Å². The minimum atomic E-state index is 0.105. The molecule has 2 aliphatic rings. The smallest absolute Gasteiger partial charge is 0.255 e. The van der Waals surface area contributed by atoms with Crippen molar-refractivity contribution in [2.45, 2.75) is 31.3 Å². The highest BCUT2D eigenvalue weighted by atomic mass is 35.5. The Hall–Kier alpha value is -1.84. The van der Waals surface area contributed by atoms with Crippen molar-refractivity contribution in [3.05, 3.63) is 59.1 Å². The minimum Gasteiger partial charge on any atom is -0.331 e. The van der Waals surface area contributed by atoms with Crippen LogP contribution in [0, 0.1) is 5.92 Å². The van der Waals surface area contributed by atoms with E-state index in [-0.39, 0.29) is 11.9 Å². The van der Waals surface area contributed by atoms with Crippen molar-refractivity contribution < 1.29 is 4.79 Å². The van der Waals surface area contributed by atoms with Crippen LogP contribution < -0.4 is 5.73 Å². The molecular weight excluding hydrogens is 320 g/mol. The third kappa shape index (κ3) is 2.52. The molecule has 0 radical (unpaired) electrons. The van der Waals surface area contributed by atoms with Crippen LogP contribution in [0.1, 0.15) is 29.6 Å². The predicted molar refractivity (Wildman–Crippen MR) is 97.0 cm³/mol. The number of carbonyl (C=O) groups excluding carboxylic acids is 1. The summed E-state index contributed by atoms with van der Waals surface area (Å²) in [5, 5.41) is 0.676.